The maximum atomic E-state index is 12.1. The molecular formula is C18H24N4O2S. The summed E-state index contributed by atoms with van der Waals surface area (Å²) in [6, 6.07) is 6.07. The second kappa shape index (κ2) is 8.40. The lowest BCUT2D eigenvalue weighted by molar-refractivity contribution is -0.133. The summed E-state index contributed by atoms with van der Waals surface area (Å²) in [7, 11) is 1.62. The van der Waals surface area contributed by atoms with Crippen molar-refractivity contribution in [1.29, 1.82) is 0 Å². The van der Waals surface area contributed by atoms with Gasteiger partial charge in [0.2, 0.25) is 5.91 Å². The number of ether oxygens (including phenoxy) is 1. The molecule has 0 spiro atoms. The van der Waals surface area contributed by atoms with Crippen molar-refractivity contribution in [2.24, 2.45) is 0 Å². The number of nitrogens with one attached hydrogen (secondary N) is 1. The van der Waals surface area contributed by atoms with Crippen LogP contribution in [0.5, 0.6) is 0 Å². The number of hydrogen-bond donors (Lipinski definition) is 1. The second-order valence-electron chi connectivity index (χ2n) is 6.25. The molecule has 2 aromatic rings. The van der Waals surface area contributed by atoms with Crippen LogP contribution in [0.3, 0.4) is 0 Å². The highest BCUT2D eigenvalue weighted by molar-refractivity contribution is 7.15. The zero-order valence-electron chi connectivity index (χ0n) is 14.7. The van der Waals surface area contributed by atoms with Gasteiger partial charge in [-0.1, -0.05) is 6.07 Å². The molecule has 2 aromatic heterocycles. The summed E-state index contributed by atoms with van der Waals surface area (Å²) in [5.74, 6) is 1.40. The van der Waals surface area contributed by atoms with E-state index in [4.69, 9.17) is 9.72 Å². The van der Waals surface area contributed by atoms with Crippen LogP contribution >= 0.6 is 11.3 Å². The quantitative estimate of drug-likeness (QED) is 0.856. The van der Waals surface area contributed by atoms with E-state index in [9.17, 15) is 4.79 Å². The number of piperidine rings is 1. The van der Waals surface area contributed by atoms with Crippen LogP contribution in [0.2, 0.25) is 0 Å². The van der Waals surface area contributed by atoms with Gasteiger partial charge in [-0.05, 0) is 31.9 Å². The van der Waals surface area contributed by atoms with Gasteiger partial charge in [0, 0.05) is 42.9 Å². The van der Waals surface area contributed by atoms with Gasteiger partial charge >= 0.3 is 0 Å². The summed E-state index contributed by atoms with van der Waals surface area (Å²) < 4.78 is 4.99. The molecule has 1 aliphatic heterocycles. The summed E-state index contributed by atoms with van der Waals surface area (Å²) in [4.78, 5) is 24.3. The Morgan fingerprint density at radius 1 is 1.40 bits per heavy atom. The topological polar surface area (TPSA) is 67.3 Å². The third kappa shape index (κ3) is 4.76. The van der Waals surface area contributed by atoms with Crippen molar-refractivity contribution < 1.29 is 9.53 Å². The highest BCUT2D eigenvalue weighted by Crippen LogP contribution is 2.28. The molecule has 0 saturated carbocycles. The number of pyridine rings is 1. The first kappa shape index (κ1) is 17.8. The lowest BCUT2D eigenvalue weighted by Gasteiger charge is -2.32. The van der Waals surface area contributed by atoms with E-state index in [2.05, 4.69) is 16.4 Å². The van der Waals surface area contributed by atoms with E-state index in [-0.39, 0.29) is 5.91 Å². The fourth-order valence-corrected chi connectivity index (χ4v) is 3.71. The van der Waals surface area contributed by atoms with Gasteiger partial charge in [0.05, 0.1) is 13.0 Å². The number of aryl methyl sites for hydroxylation is 1. The van der Waals surface area contributed by atoms with Crippen LogP contribution in [0.1, 0.15) is 35.8 Å². The van der Waals surface area contributed by atoms with E-state index >= 15 is 0 Å². The number of hydrogen-bond acceptors (Lipinski definition) is 6. The number of carbonyl (C=O) groups excluding carboxylic acids is 1. The van der Waals surface area contributed by atoms with Crippen LogP contribution in [-0.2, 0) is 9.53 Å². The predicted molar refractivity (Wildman–Crippen MR) is 99.4 cm³/mol. The molecule has 1 saturated heterocycles. The van der Waals surface area contributed by atoms with Crippen LogP contribution in [0.15, 0.2) is 24.4 Å². The van der Waals surface area contributed by atoms with Crippen molar-refractivity contribution in [1.82, 2.24) is 14.9 Å². The van der Waals surface area contributed by atoms with Crippen LogP contribution in [0, 0.1) is 6.92 Å². The Kier molecular flexibility index (Phi) is 5.99. The summed E-state index contributed by atoms with van der Waals surface area (Å²) in [6.07, 6.45) is 4.22. The minimum Gasteiger partial charge on any atom is -0.384 e. The van der Waals surface area contributed by atoms with E-state index in [1.165, 1.54) is 4.88 Å². The Bertz CT molecular complexity index is 711. The Labute approximate surface area is 152 Å². The average Bonchev–Trinajstić information content (AvgIpc) is 3.05. The van der Waals surface area contributed by atoms with E-state index in [1.54, 1.807) is 18.4 Å². The number of amides is 1. The van der Waals surface area contributed by atoms with E-state index in [1.807, 2.05) is 30.2 Å². The molecule has 7 heteroatoms. The van der Waals surface area contributed by atoms with Crippen molar-refractivity contribution in [2.45, 2.75) is 32.1 Å². The highest BCUT2D eigenvalue weighted by atomic mass is 32.1. The van der Waals surface area contributed by atoms with Crippen molar-refractivity contribution in [3.05, 3.63) is 35.0 Å². The summed E-state index contributed by atoms with van der Waals surface area (Å²) in [6.45, 7) is 4.11. The lowest BCUT2D eigenvalue weighted by Crippen LogP contribution is -2.38. The predicted octanol–water partition coefficient (Wildman–Crippen LogP) is 3.33. The maximum Gasteiger partial charge on any atom is 0.224 e. The van der Waals surface area contributed by atoms with E-state index in [0.29, 0.717) is 18.9 Å². The molecule has 1 fully saturated rings. The average molecular weight is 360 g/mol. The van der Waals surface area contributed by atoms with E-state index in [0.717, 1.165) is 42.6 Å². The molecule has 6 nitrogen and oxygen atoms in total. The molecule has 0 atom stereocenters. The Morgan fingerprint density at radius 3 is 2.88 bits per heavy atom. The van der Waals surface area contributed by atoms with Crippen LogP contribution in [-0.4, -0.2) is 47.6 Å². The van der Waals surface area contributed by atoms with Gasteiger partial charge in [-0.2, -0.15) is 0 Å². The normalized spacial score (nSPS) is 15.4. The standard InChI is InChI=1S/C18H24N4O2S/c1-13-12-19-18(25-13)21-16-5-3-4-15(20-16)14-6-9-22(10-7-14)17(23)8-11-24-2/h3-5,12,14H,6-11H2,1-2H3,(H,19,20,21). The number of methoxy groups -OCH3 is 1. The highest BCUT2D eigenvalue weighted by Gasteiger charge is 2.24. The SMILES string of the molecule is COCCC(=O)N1CCC(c2cccc(Nc3ncc(C)s3)n2)CC1. The van der Waals surface area contributed by atoms with Crippen LogP contribution < -0.4 is 5.32 Å². The lowest BCUT2D eigenvalue weighted by atomic mass is 9.93. The molecule has 0 unspecified atom stereocenters. The molecule has 1 aliphatic rings. The minimum absolute atomic E-state index is 0.183. The molecule has 0 aliphatic carbocycles. The molecule has 3 heterocycles. The Hall–Kier alpha value is -1.99. The molecule has 1 amide bonds. The fraction of sp³-hybridized carbons (Fsp3) is 0.500. The summed E-state index contributed by atoms with van der Waals surface area (Å²) in [5, 5.41) is 4.13. The summed E-state index contributed by atoms with van der Waals surface area (Å²) >= 11 is 1.62. The molecule has 25 heavy (non-hydrogen) atoms. The van der Waals surface area contributed by atoms with Crippen molar-refractivity contribution in [2.75, 3.05) is 32.1 Å². The number of carbonyl (C=O) groups is 1. The number of likely N-dealkylation sites (tertiary alicyclic amines) is 1. The van der Waals surface area contributed by atoms with Crippen molar-refractivity contribution >= 4 is 28.2 Å². The van der Waals surface area contributed by atoms with Gasteiger partial charge < -0.3 is 15.0 Å². The van der Waals surface area contributed by atoms with Gasteiger partial charge in [0.15, 0.2) is 5.13 Å². The number of thiazole rings is 1. The van der Waals surface area contributed by atoms with Crippen molar-refractivity contribution in [3.63, 3.8) is 0 Å². The van der Waals surface area contributed by atoms with Crippen LogP contribution in [0.25, 0.3) is 0 Å². The second-order valence-corrected chi connectivity index (χ2v) is 7.48. The Morgan fingerprint density at radius 2 is 2.20 bits per heavy atom. The van der Waals surface area contributed by atoms with Gasteiger partial charge in [-0.3, -0.25) is 4.79 Å². The molecule has 1 N–H and O–H groups in total. The first-order valence-corrected chi connectivity index (χ1v) is 9.40. The summed E-state index contributed by atoms with van der Waals surface area (Å²) in [5.41, 5.74) is 1.09. The minimum atomic E-state index is 0.183. The number of anilines is 2. The molecule has 134 valence electrons. The molecule has 0 aromatic carbocycles. The third-order valence-corrected chi connectivity index (χ3v) is 5.24. The monoisotopic (exact) mass is 360 g/mol. The fourth-order valence-electron chi connectivity index (χ4n) is 3.04. The molecule has 0 radical (unpaired) electrons. The number of aromatic nitrogens is 2. The smallest absolute Gasteiger partial charge is 0.224 e. The first-order chi connectivity index (χ1) is 12.2. The number of rotatable bonds is 6. The van der Waals surface area contributed by atoms with Gasteiger partial charge in [0.25, 0.3) is 0 Å². The van der Waals surface area contributed by atoms with Crippen LogP contribution in [0.4, 0.5) is 10.9 Å². The molecule has 0 bridgehead atoms. The Balaban J connectivity index is 1.58. The third-order valence-electron chi connectivity index (χ3n) is 4.41. The molecular weight excluding hydrogens is 336 g/mol. The van der Waals surface area contributed by atoms with Gasteiger partial charge in [-0.25, -0.2) is 9.97 Å². The molecule has 3 rings (SSSR count). The zero-order chi connectivity index (χ0) is 17.6. The largest absolute Gasteiger partial charge is 0.384 e. The number of nitrogens with zero attached hydrogens (tertiary/aromatic N) is 3. The van der Waals surface area contributed by atoms with Crippen molar-refractivity contribution in [3.8, 4) is 0 Å². The van der Waals surface area contributed by atoms with Gasteiger partial charge in [-0.15, -0.1) is 11.3 Å². The maximum absolute atomic E-state index is 12.1. The zero-order valence-corrected chi connectivity index (χ0v) is 15.5. The first-order valence-electron chi connectivity index (χ1n) is 8.59. The van der Waals surface area contributed by atoms with E-state index < -0.39 is 0 Å². The van der Waals surface area contributed by atoms with Gasteiger partial charge in [0.1, 0.15) is 5.82 Å².